The quantitative estimate of drug-likeness (QED) is 0.689. The lowest BCUT2D eigenvalue weighted by Gasteiger charge is -2.16. The molecule has 1 amide bonds. The maximum absolute atomic E-state index is 11.4. The Balaban J connectivity index is 1.42. The standard InChI is InChI=1S/C23H27N3O2/c1-15-20-12-19(28-2)6-7-21(20)25-22(15)14-26-9-8-17(13-26)10-16-4-3-5-18(11-16)23(24)27/h3-7,11-12,17,25H,8-10,13-14H2,1-2H3,(H2,24,27)/t17-/m1/s1. The van der Waals surface area contributed by atoms with Gasteiger partial charge >= 0.3 is 0 Å². The average molecular weight is 377 g/mol. The molecule has 28 heavy (non-hydrogen) atoms. The molecule has 1 aliphatic heterocycles. The van der Waals surface area contributed by atoms with E-state index in [-0.39, 0.29) is 5.91 Å². The number of benzene rings is 2. The number of amides is 1. The van der Waals surface area contributed by atoms with E-state index in [1.807, 2.05) is 18.2 Å². The summed E-state index contributed by atoms with van der Waals surface area (Å²) in [6.45, 7) is 5.27. The van der Waals surface area contributed by atoms with Gasteiger partial charge in [0.1, 0.15) is 5.75 Å². The van der Waals surface area contributed by atoms with Crippen molar-refractivity contribution in [3.8, 4) is 5.75 Å². The van der Waals surface area contributed by atoms with Crippen molar-refractivity contribution in [2.45, 2.75) is 26.3 Å². The number of hydrogen-bond donors (Lipinski definition) is 2. The van der Waals surface area contributed by atoms with E-state index in [1.165, 1.54) is 28.6 Å². The molecule has 0 spiro atoms. The summed E-state index contributed by atoms with van der Waals surface area (Å²) >= 11 is 0. The fraction of sp³-hybridized carbons (Fsp3) is 0.348. The highest BCUT2D eigenvalue weighted by atomic mass is 16.5. The Morgan fingerprint density at radius 1 is 1.29 bits per heavy atom. The number of hydrogen-bond acceptors (Lipinski definition) is 3. The molecule has 0 bridgehead atoms. The molecule has 2 aromatic carbocycles. The van der Waals surface area contributed by atoms with Gasteiger partial charge in [-0.3, -0.25) is 9.69 Å². The Bertz CT molecular complexity index is 1010. The molecular weight excluding hydrogens is 350 g/mol. The lowest BCUT2D eigenvalue weighted by Crippen LogP contribution is -2.21. The summed E-state index contributed by atoms with van der Waals surface area (Å²) in [5, 5.41) is 1.23. The van der Waals surface area contributed by atoms with Crippen molar-refractivity contribution in [3.63, 3.8) is 0 Å². The molecule has 3 N–H and O–H groups in total. The number of fused-ring (bicyclic) bond motifs is 1. The summed E-state index contributed by atoms with van der Waals surface area (Å²) in [6.07, 6.45) is 2.16. The highest BCUT2D eigenvalue weighted by Crippen LogP contribution is 2.28. The lowest BCUT2D eigenvalue weighted by atomic mass is 9.97. The number of nitrogens with one attached hydrogen (secondary N) is 1. The van der Waals surface area contributed by atoms with Crippen molar-refractivity contribution in [3.05, 3.63) is 64.8 Å². The molecule has 0 saturated carbocycles. The van der Waals surface area contributed by atoms with Crippen LogP contribution in [0.25, 0.3) is 10.9 Å². The highest BCUT2D eigenvalue weighted by molar-refractivity contribution is 5.92. The third kappa shape index (κ3) is 3.76. The minimum Gasteiger partial charge on any atom is -0.497 e. The number of aryl methyl sites for hydroxylation is 1. The zero-order valence-corrected chi connectivity index (χ0v) is 16.5. The number of nitrogens with zero attached hydrogens (tertiary/aromatic N) is 1. The van der Waals surface area contributed by atoms with Crippen LogP contribution in [0.1, 0.15) is 33.6 Å². The van der Waals surface area contributed by atoms with Crippen LogP contribution in [0.5, 0.6) is 5.75 Å². The molecular formula is C23H27N3O2. The van der Waals surface area contributed by atoms with Crippen LogP contribution in [0.15, 0.2) is 42.5 Å². The Hall–Kier alpha value is -2.79. The zero-order chi connectivity index (χ0) is 19.7. The zero-order valence-electron chi connectivity index (χ0n) is 16.5. The number of aromatic nitrogens is 1. The predicted molar refractivity (Wildman–Crippen MR) is 112 cm³/mol. The van der Waals surface area contributed by atoms with Crippen LogP contribution in [-0.4, -0.2) is 36.0 Å². The van der Waals surface area contributed by atoms with E-state index >= 15 is 0 Å². The van der Waals surface area contributed by atoms with Gasteiger partial charge in [-0.1, -0.05) is 12.1 Å². The second kappa shape index (κ2) is 7.68. The van der Waals surface area contributed by atoms with E-state index in [0.29, 0.717) is 11.5 Å². The first-order chi connectivity index (χ1) is 13.5. The van der Waals surface area contributed by atoms with E-state index in [9.17, 15) is 4.79 Å². The van der Waals surface area contributed by atoms with Crippen molar-refractivity contribution in [2.24, 2.45) is 11.7 Å². The monoisotopic (exact) mass is 377 g/mol. The first-order valence-electron chi connectivity index (χ1n) is 9.80. The first-order valence-corrected chi connectivity index (χ1v) is 9.80. The normalized spacial score (nSPS) is 17.3. The molecule has 1 atom stereocenters. The summed E-state index contributed by atoms with van der Waals surface area (Å²) in [5.74, 6) is 1.13. The molecule has 4 rings (SSSR count). The number of likely N-dealkylation sites (tertiary alicyclic amines) is 1. The second-order valence-corrected chi connectivity index (χ2v) is 7.80. The van der Waals surface area contributed by atoms with Gasteiger partial charge < -0.3 is 15.5 Å². The van der Waals surface area contributed by atoms with Gasteiger partial charge in [0, 0.05) is 35.2 Å². The number of rotatable bonds is 6. The summed E-state index contributed by atoms with van der Waals surface area (Å²) in [5.41, 5.74) is 10.9. The van der Waals surface area contributed by atoms with Crippen LogP contribution >= 0.6 is 0 Å². The highest BCUT2D eigenvalue weighted by Gasteiger charge is 2.24. The molecule has 2 heterocycles. The fourth-order valence-electron chi connectivity index (χ4n) is 4.28. The topological polar surface area (TPSA) is 71.3 Å². The van der Waals surface area contributed by atoms with Crippen LogP contribution in [-0.2, 0) is 13.0 Å². The van der Waals surface area contributed by atoms with E-state index in [0.717, 1.165) is 37.3 Å². The molecule has 1 saturated heterocycles. The van der Waals surface area contributed by atoms with Crippen molar-refractivity contribution in [1.82, 2.24) is 9.88 Å². The van der Waals surface area contributed by atoms with Crippen molar-refractivity contribution in [2.75, 3.05) is 20.2 Å². The van der Waals surface area contributed by atoms with E-state index in [2.05, 4.69) is 35.0 Å². The van der Waals surface area contributed by atoms with Gasteiger partial charge in [0.05, 0.1) is 7.11 Å². The van der Waals surface area contributed by atoms with Gasteiger partial charge in [-0.05, 0) is 73.7 Å². The van der Waals surface area contributed by atoms with Crippen LogP contribution < -0.4 is 10.5 Å². The Labute approximate surface area is 165 Å². The molecule has 0 unspecified atom stereocenters. The molecule has 1 fully saturated rings. The summed E-state index contributed by atoms with van der Waals surface area (Å²) in [4.78, 5) is 17.5. The fourth-order valence-corrected chi connectivity index (χ4v) is 4.28. The van der Waals surface area contributed by atoms with Gasteiger partial charge in [-0.15, -0.1) is 0 Å². The first kappa shape index (κ1) is 18.6. The minimum atomic E-state index is -0.360. The molecule has 3 aromatic rings. The van der Waals surface area contributed by atoms with Crippen molar-refractivity contribution >= 4 is 16.8 Å². The maximum Gasteiger partial charge on any atom is 0.248 e. The van der Waals surface area contributed by atoms with Crippen molar-refractivity contribution < 1.29 is 9.53 Å². The lowest BCUT2D eigenvalue weighted by molar-refractivity contribution is 0.1000. The summed E-state index contributed by atoms with van der Waals surface area (Å²) in [6, 6.07) is 13.9. The molecule has 1 aromatic heterocycles. The average Bonchev–Trinajstić information content (AvgIpc) is 3.26. The summed E-state index contributed by atoms with van der Waals surface area (Å²) < 4.78 is 5.36. The van der Waals surface area contributed by atoms with Gasteiger partial charge in [-0.2, -0.15) is 0 Å². The molecule has 0 radical (unpaired) electrons. The largest absolute Gasteiger partial charge is 0.497 e. The number of H-pyrrole nitrogens is 1. The Kier molecular flexibility index (Phi) is 5.09. The van der Waals surface area contributed by atoms with Crippen LogP contribution in [0.2, 0.25) is 0 Å². The third-order valence-electron chi connectivity index (χ3n) is 5.86. The third-order valence-corrected chi connectivity index (χ3v) is 5.86. The number of primary amides is 1. The minimum absolute atomic E-state index is 0.360. The number of aromatic amines is 1. The van der Waals surface area contributed by atoms with Crippen molar-refractivity contribution in [1.29, 1.82) is 0 Å². The van der Waals surface area contributed by atoms with Gasteiger partial charge in [0.2, 0.25) is 5.91 Å². The van der Waals surface area contributed by atoms with Gasteiger partial charge in [-0.25, -0.2) is 0 Å². The van der Waals surface area contributed by atoms with Crippen LogP contribution in [0.3, 0.4) is 0 Å². The van der Waals surface area contributed by atoms with Crippen LogP contribution in [0.4, 0.5) is 0 Å². The van der Waals surface area contributed by atoms with Crippen LogP contribution in [0, 0.1) is 12.8 Å². The number of carbonyl (C=O) groups is 1. The Morgan fingerprint density at radius 3 is 2.93 bits per heavy atom. The predicted octanol–water partition coefficient (Wildman–Crippen LogP) is 3.65. The smallest absolute Gasteiger partial charge is 0.248 e. The van der Waals surface area contributed by atoms with E-state index in [1.54, 1.807) is 13.2 Å². The summed E-state index contributed by atoms with van der Waals surface area (Å²) in [7, 11) is 1.70. The van der Waals surface area contributed by atoms with E-state index < -0.39 is 0 Å². The van der Waals surface area contributed by atoms with Gasteiger partial charge in [0.15, 0.2) is 0 Å². The number of nitrogens with two attached hydrogens (primary N) is 1. The van der Waals surface area contributed by atoms with Gasteiger partial charge in [0.25, 0.3) is 0 Å². The second-order valence-electron chi connectivity index (χ2n) is 7.80. The Morgan fingerprint density at radius 2 is 2.14 bits per heavy atom. The maximum atomic E-state index is 11.4. The SMILES string of the molecule is COc1ccc2[nH]c(CN3CC[C@H](Cc4cccc(C(N)=O)c4)C3)c(C)c2c1. The number of carbonyl (C=O) groups excluding carboxylic acids is 1. The molecule has 5 heteroatoms. The number of ether oxygens (including phenoxy) is 1. The number of methoxy groups -OCH3 is 1. The molecule has 146 valence electrons. The van der Waals surface area contributed by atoms with E-state index in [4.69, 9.17) is 10.5 Å². The molecule has 5 nitrogen and oxygen atoms in total. The molecule has 1 aliphatic rings. The molecule has 0 aliphatic carbocycles.